The fourth-order valence-corrected chi connectivity index (χ4v) is 3.37. The summed E-state index contributed by atoms with van der Waals surface area (Å²) < 4.78 is 5.47. The number of nitrogens with one attached hydrogen (secondary N) is 1. The Morgan fingerprint density at radius 2 is 1.90 bits per heavy atom. The molecule has 1 saturated heterocycles. The molecule has 1 aromatic heterocycles. The number of hydrogen-bond acceptors (Lipinski definition) is 5. The number of likely N-dealkylation sites (tertiary alicyclic amines) is 1. The van der Waals surface area contributed by atoms with Gasteiger partial charge in [-0.05, 0) is 52.7 Å². The average Bonchev–Trinajstić information content (AvgIpc) is 3.11. The van der Waals surface area contributed by atoms with Crippen LogP contribution >= 0.6 is 0 Å². The van der Waals surface area contributed by atoms with Gasteiger partial charge in [-0.2, -0.15) is 4.98 Å². The predicted octanol–water partition coefficient (Wildman–Crippen LogP) is 2.47. The molecule has 1 atom stereocenters. The Bertz CT molecular complexity index is 419. The first-order valence-corrected chi connectivity index (χ1v) is 8.00. The standard InChI is InChI=1S/C15H26N4O/c1-11(16-13-7-9-19(2)10-8-13)15-17-14(18-20-15)12-5-3-4-6-12/h11-13,16H,3-10H2,1-2H3/t11-/m0/s1. The van der Waals surface area contributed by atoms with Crippen LogP contribution in [0.25, 0.3) is 0 Å². The van der Waals surface area contributed by atoms with E-state index in [-0.39, 0.29) is 6.04 Å². The number of aromatic nitrogens is 2. The Balaban J connectivity index is 1.55. The van der Waals surface area contributed by atoms with Crippen LogP contribution in [0, 0.1) is 0 Å². The molecule has 1 saturated carbocycles. The molecule has 0 bridgehead atoms. The van der Waals surface area contributed by atoms with Crippen LogP contribution in [0.5, 0.6) is 0 Å². The minimum Gasteiger partial charge on any atom is -0.338 e. The van der Waals surface area contributed by atoms with E-state index in [1.54, 1.807) is 0 Å². The Labute approximate surface area is 121 Å². The van der Waals surface area contributed by atoms with Gasteiger partial charge in [-0.15, -0.1) is 0 Å². The topological polar surface area (TPSA) is 54.2 Å². The lowest BCUT2D eigenvalue weighted by Gasteiger charge is -2.30. The van der Waals surface area contributed by atoms with E-state index in [4.69, 9.17) is 4.52 Å². The molecule has 2 fully saturated rings. The Kier molecular flexibility index (Phi) is 4.36. The zero-order valence-electron chi connectivity index (χ0n) is 12.6. The highest BCUT2D eigenvalue weighted by Gasteiger charge is 2.25. The highest BCUT2D eigenvalue weighted by molar-refractivity contribution is 5.00. The van der Waals surface area contributed by atoms with Crippen molar-refractivity contribution in [2.24, 2.45) is 0 Å². The van der Waals surface area contributed by atoms with E-state index in [1.807, 2.05) is 0 Å². The van der Waals surface area contributed by atoms with Crippen LogP contribution in [0.4, 0.5) is 0 Å². The highest BCUT2D eigenvalue weighted by atomic mass is 16.5. The zero-order chi connectivity index (χ0) is 13.9. The average molecular weight is 278 g/mol. The van der Waals surface area contributed by atoms with E-state index in [9.17, 15) is 0 Å². The largest absolute Gasteiger partial charge is 0.338 e. The van der Waals surface area contributed by atoms with Gasteiger partial charge in [0.1, 0.15) is 0 Å². The number of hydrogen-bond donors (Lipinski definition) is 1. The van der Waals surface area contributed by atoms with Crippen LogP contribution in [0.1, 0.15) is 69.1 Å². The summed E-state index contributed by atoms with van der Waals surface area (Å²) in [6, 6.07) is 0.731. The van der Waals surface area contributed by atoms with Crippen molar-refractivity contribution in [3.63, 3.8) is 0 Å². The van der Waals surface area contributed by atoms with Gasteiger partial charge in [-0.25, -0.2) is 0 Å². The lowest BCUT2D eigenvalue weighted by Crippen LogP contribution is -2.41. The molecule has 1 aliphatic carbocycles. The fraction of sp³-hybridized carbons (Fsp3) is 0.867. The fourth-order valence-electron chi connectivity index (χ4n) is 3.37. The lowest BCUT2D eigenvalue weighted by molar-refractivity contribution is 0.217. The predicted molar refractivity (Wildman–Crippen MR) is 77.6 cm³/mol. The van der Waals surface area contributed by atoms with Crippen molar-refractivity contribution >= 4 is 0 Å². The van der Waals surface area contributed by atoms with E-state index in [0.717, 1.165) is 11.7 Å². The summed E-state index contributed by atoms with van der Waals surface area (Å²) in [5.74, 6) is 2.21. The van der Waals surface area contributed by atoms with Crippen LogP contribution in [-0.4, -0.2) is 41.2 Å². The van der Waals surface area contributed by atoms with Crippen molar-refractivity contribution in [3.05, 3.63) is 11.7 Å². The molecule has 1 aromatic rings. The minimum atomic E-state index is 0.158. The molecule has 0 spiro atoms. The first kappa shape index (κ1) is 14.0. The van der Waals surface area contributed by atoms with E-state index in [0.29, 0.717) is 12.0 Å². The summed E-state index contributed by atoms with van der Waals surface area (Å²) in [6.45, 7) is 4.47. The van der Waals surface area contributed by atoms with Gasteiger partial charge in [-0.1, -0.05) is 18.0 Å². The van der Waals surface area contributed by atoms with Crippen LogP contribution in [-0.2, 0) is 0 Å². The van der Waals surface area contributed by atoms with Crippen molar-refractivity contribution in [3.8, 4) is 0 Å². The second kappa shape index (κ2) is 6.22. The summed E-state index contributed by atoms with van der Waals surface area (Å²) in [7, 11) is 2.19. The number of nitrogens with zero attached hydrogens (tertiary/aromatic N) is 3. The first-order valence-electron chi connectivity index (χ1n) is 8.00. The Morgan fingerprint density at radius 3 is 2.60 bits per heavy atom. The highest BCUT2D eigenvalue weighted by Crippen LogP contribution is 2.32. The molecular formula is C15H26N4O. The third-order valence-electron chi connectivity index (χ3n) is 4.75. The van der Waals surface area contributed by atoms with Gasteiger partial charge in [0.25, 0.3) is 0 Å². The molecule has 0 radical (unpaired) electrons. The van der Waals surface area contributed by atoms with Crippen molar-refractivity contribution in [2.75, 3.05) is 20.1 Å². The van der Waals surface area contributed by atoms with Crippen molar-refractivity contribution in [1.29, 1.82) is 0 Å². The molecule has 0 amide bonds. The van der Waals surface area contributed by atoms with Gasteiger partial charge >= 0.3 is 0 Å². The normalized spacial score (nSPS) is 24.3. The second-order valence-electron chi connectivity index (χ2n) is 6.44. The SMILES string of the molecule is C[C@H](NC1CCN(C)CC1)c1nc(C2CCCC2)no1. The minimum absolute atomic E-state index is 0.158. The second-order valence-corrected chi connectivity index (χ2v) is 6.44. The van der Waals surface area contributed by atoms with Gasteiger partial charge in [0.15, 0.2) is 5.82 Å². The lowest BCUT2D eigenvalue weighted by atomic mass is 10.0. The maximum absolute atomic E-state index is 5.47. The maximum atomic E-state index is 5.47. The third-order valence-corrected chi connectivity index (χ3v) is 4.75. The number of piperidine rings is 1. The van der Waals surface area contributed by atoms with Crippen LogP contribution < -0.4 is 5.32 Å². The van der Waals surface area contributed by atoms with E-state index < -0.39 is 0 Å². The summed E-state index contributed by atoms with van der Waals surface area (Å²) in [4.78, 5) is 7.00. The molecule has 112 valence electrons. The summed E-state index contributed by atoms with van der Waals surface area (Å²) in [6.07, 6.45) is 7.44. The van der Waals surface area contributed by atoms with Gasteiger partial charge in [0, 0.05) is 12.0 Å². The van der Waals surface area contributed by atoms with Crippen molar-refractivity contribution in [1.82, 2.24) is 20.4 Å². The van der Waals surface area contributed by atoms with Crippen LogP contribution in [0.15, 0.2) is 4.52 Å². The zero-order valence-corrected chi connectivity index (χ0v) is 12.6. The van der Waals surface area contributed by atoms with E-state index >= 15 is 0 Å². The monoisotopic (exact) mass is 278 g/mol. The van der Waals surface area contributed by atoms with Gasteiger partial charge in [-0.3, -0.25) is 0 Å². The molecule has 20 heavy (non-hydrogen) atoms. The maximum Gasteiger partial charge on any atom is 0.243 e. The van der Waals surface area contributed by atoms with E-state index in [2.05, 4.69) is 34.3 Å². The molecule has 2 heterocycles. The molecule has 5 nitrogen and oxygen atoms in total. The summed E-state index contributed by atoms with van der Waals surface area (Å²) >= 11 is 0. The quantitative estimate of drug-likeness (QED) is 0.917. The first-order chi connectivity index (χ1) is 9.72. The van der Waals surface area contributed by atoms with Crippen LogP contribution in [0.2, 0.25) is 0 Å². The molecule has 3 rings (SSSR count). The number of rotatable bonds is 4. The van der Waals surface area contributed by atoms with Crippen molar-refractivity contribution in [2.45, 2.75) is 63.5 Å². The Morgan fingerprint density at radius 1 is 1.20 bits per heavy atom. The summed E-state index contributed by atoms with van der Waals surface area (Å²) in [5, 5.41) is 7.83. The van der Waals surface area contributed by atoms with Crippen molar-refractivity contribution < 1.29 is 4.52 Å². The summed E-state index contributed by atoms with van der Waals surface area (Å²) in [5.41, 5.74) is 0. The molecule has 2 aliphatic rings. The third kappa shape index (κ3) is 3.20. The molecule has 0 unspecified atom stereocenters. The van der Waals surface area contributed by atoms with Gasteiger partial charge in [0.05, 0.1) is 6.04 Å². The molecular weight excluding hydrogens is 252 g/mol. The molecule has 1 aliphatic heterocycles. The van der Waals surface area contributed by atoms with Crippen LogP contribution in [0.3, 0.4) is 0 Å². The molecule has 5 heteroatoms. The van der Waals surface area contributed by atoms with Gasteiger partial charge < -0.3 is 14.7 Å². The molecule has 0 aromatic carbocycles. The molecule has 1 N–H and O–H groups in total. The van der Waals surface area contributed by atoms with E-state index in [1.165, 1.54) is 51.6 Å². The Hall–Kier alpha value is -0.940. The van der Waals surface area contributed by atoms with Gasteiger partial charge in [0.2, 0.25) is 5.89 Å². The smallest absolute Gasteiger partial charge is 0.243 e.